The SMILES string of the molecule is COC(=O)C=CCn1c(=O)oc2cccnc2c1=O. The van der Waals surface area contributed by atoms with Crippen molar-refractivity contribution in [2.75, 3.05) is 7.11 Å². The van der Waals surface area contributed by atoms with Gasteiger partial charge in [0.15, 0.2) is 11.1 Å². The lowest BCUT2D eigenvalue weighted by Crippen LogP contribution is -2.32. The van der Waals surface area contributed by atoms with Crippen LogP contribution in [0.1, 0.15) is 0 Å². The first-order chi connectivity index (χ1) is 9.13. The summed E-state index contributed by atoms with van der Waals surface area (Å²) < 4.78 is 10.2. The van der Waals surface area contributed by atoms with Gasteiger partial charge in [-0.3, -0.25) is 4.79 Å². The van der Waals surface area contributed by atoms with E-state index in [1.54, 1.807) is 6.07 Å². The topological polar surface area (TPSA) is 91.4 Å². The normalized spacial score (nSPS) is 11.0. The third kappa shape index (κ3) is 2.59. The number of hydrogen-bond donors (Lipinski definition) is 0. The molecular weight excluding hydrogens is 252 g/mol. The summed E-state index contributed by atoms with van der Waals surface area (Å²) >= 11 is 0. The summed E-state index contributed by atoms with van der Waals surface area (Å²) in [5.41, 5.74) is -0.374. The molecule has 2 aromatic heterocycles. The predicted octanol–water partition coefficient (Wildman–Crippen LogP) is 0.0789. The van der Waals surface area contributed by atoms with Crippen molar-refractivity contribution in [3.8, 4) is 0 Å². The third-order valence-corrected chi connectivity index (χ3v) is 2.38. The molecule has 0 aliphatic carbocycles. The van der Waals surface area contributed by atoms with E-state index in [9.17, 15) is 14.4 Å². The van der Waals surface area contributed by atoms with Crippen LogP contribution >= 0.6 is 0 Å². The van der Waals surface area contributed by atoms with E-state index >= 15 is 0 Å². The monoisotopic (exact) mass is 262 g/mol. The minimum absolute atomic E-state index is 0.0635. The minimum Gasteiger partial charge on any atom is -0.466 e. The molecule has 0 saturated heterocycles. The largest absolute Gasteiger partial charge is 0.466 e. The molecule has 0 aliphatic rings. The molecule has 2 aromatic rings. The van der Waals surface area contributed by atoms with Crippen LogP contribution in [0.2, 0.25) is 0 Å². The van der Waals surface area contributed by atoms with E-state index in [1.807, 2.05) is 0 Å². The Kier molecular flexibility index (Phi) is 3.56. The highest BCUT2D eigenvalue weighted by Crippen LogP contribution is 2.02. The number of carbonyl (C=O) groups excluding carboxylic acids is 1. The van der Waals surface area contributed by atoms with Crippen LogP contribution in [-0.2, 0) is 16.1 Å². The molecule has 2 rings (SSSR count). The lowest BCUT2D eigenvalue weighted by molar-refractivity contribution is -0.134. The molecule has 0 aliphatic heterocycles. The zero-order valence-corrected chi connectivity index (χ0v) is 10.0. The fourth-order valence-electron chi connectivity index (χ4n) is 1.47. The Balaban J connectivity index is 2.44. The maximum atomic E-state index is 12.0. The molecule has 19 heavy (non-hydrogen) atoms. The number of carbonyl (C=O) groups is 1. The molecule has 0 aromatic carbocycles. The van der Waals surface area contributed by atoms with Crippen LogP contribution in [0.4, 0.5) is 0 Å². The Hall–Kier alpha value is -2.70. The first-order valence-electron chi connectivity index (χ1n) is 5.36. The fraction of sp³-hybridized carbons (Fsp3) is 0.167. The smallest absolute Gasteiger partial charge is 0.422 e. The summed E-state index contributed by atoms with van der Waals surface area (Å²) in [7, 11) is 1.23. The number of aromatic nitrogens is 2. The predicted molar refractivity (Wildman–Crippen MR) is 65.7 cm³/mol. The van der Waals surface area contributed by atoms with E-state index in [2.05, 4.69) is 9.72 Å². The highest BCUT2D eigenvalue weighted by Gasteiger charge is 2.08. The molecule has 0 saturated carbocycles. The number of pyridine rings is 1. The van der Waals surface area contributed by atoms with Gasteiger partial charge in [0.1, 0.15) is 0 Å². The van der Waals surface area contributed by atoms with Gasteiger partial charge in [-0.15, -0.1) is 0 Å². The van der Waals surface area contributed by atoms with Crippen molar-refractivity contribution in [1.29, 1.82) is 0 Å². The second kappa shape index (κ2) is 5.30. The zero-order valence-electron chi connectivity index (χ0n) is 10.0. The van der Waals surface area contributed by atoms with E-state index in [4.69, 9.17) is 4.42 Å². The maximum Gasteiger partial charge on any atom is 0.422 e. The molecule has 7 nitrogen and oxygen atoms in total. The summed E-state index contributed by atoms with van der Waals surface area (Å²) in [6.07, 6.45) is 3.88. The van der Waals surface area contributed by atoms with Crippen molar-refractivity contribution >= 4 is 17.1 Å². The molecule has 7 heteroatoms. The number of esters is 1. The zero-order chi connectivity index (χ0) is 13.8. The molecule has 0 atom stereocenters. The van der Waals surface area contributed by atoms with Crippen LogP contribution < -0.4 is 11.3 Å². The molecule has 0 fully saturated rings. The van der Waals surface area contributed by atoms with Crippen LogP contribution in [0.3, 0.4) is 0 Å². The van der Waals surface area contributed by atoms with Gasteiger partial charge < -0.3 is 9.15 Å². The van der Waals surface area contributed by atoms with Crippen LogP contribution in [0.25, 0.3) is 11.1 Å². The average molecular weight is 262 g/mol. The summed E-state index contributed by atoms with van der Waals surface area (Å²) in [6, 6.07) is 3.05. The van der Waals surface area contributed by atoms with Crippen molar-refractivity contribution in [3.05, 3.63) is 51.4 Å². The number of ether oxygens (including phenoxy) is 1. The number of fused-ring (bicyclic) bond motifs is 1. The van der Waals surface area contributed by atoms with Crippen molar-refractivity contribution in [2.24, 2.45) is 0 Å². The standard InChI is InChI=1S/C12H10N2O5/c1-18-9(15)5-3-7-14-11(16)10-8(19-12(14)17)4-2-6-13-10/h2-6H,7H2,1H3. The van der Waals surface area contributed by atoms with Gasteiger partial charge in [-0.1, -0.05) is 6.08 Å². The Labute approximate surface area is 106 Å². The Morgan fingerprint density at radius 3 is 3.05 bits per heavy atom. The van der Waals surface area contributed by atoms with Crippen molar-refractivity contribution in [2.45, 2.75) is 6.54 Å². The van der Waals surface area contributed by atoms with Crippen molar-refractivity contribution < 1.29 is 13.9 Å². The van der Waals surface area contributed by atoms with E-state index in [0.29, 0.717) is 0 Å². The van der Waals surface area contributed by atoms with Gasteiger partial charge in [0, 0.05) is 12.3 Å². The van der Waals surface area contributed by atoms with E-state index < -0.39 is 17.3 Å². The first-order valence-corrected chi connectivity index (χ1v) is 5.36. The molecule has 0 bridgehead atoms. The molecule has 0 radical (unpaired) electrons. The second-order valence-electron chi connectivity index (χ2n) is 3.56. The van der Waals surface area contributed by atoms with Gasteiger partial charge in [-0.25, -0.2) is 19.1 Å². The summed E-state index contributed by atoms with van der Waals surface area (Å²) in [5, 5.41) is 0. The fourth-order valence-corrected chi connectivity index (χ4v) is 1.47. The van der Waals surface area contributed by atoms with E-state index in [1.165, 1.54) is 25.4 Å². The summed E-state index contributed by atoms with van der Waals surface area (Å²) in [5.74, 6) is -1.38. The van der Waals surface area contributed by atoms with Crippen LogP contribution in [0.5, 0.6) is 0 Å². The number of allylic oxidation sites excluding steroid dienone is 1. The molecule has 98 valence electrons. The average Bonchev–Trinajstić information content (AvgIpc) is 2.42. The molecule has 0 amide bonds. The summed E-state index contributed by atoms with van der Waals surface area (Å²) in [6.45, 7) is -0.0945. The van der Waals surface area contributed by atoms with Gasteiger partial charge in [0.05, 0.1) is 13.7 Å². The lowest BCUT2D eigenvalue weighted by Gasteiger charge is -2.00. The third-order valence-electron chi connectivity index (χ3n) is 2.38. The van der Waals surface area contributed by atoms with Crippen LogP contribution in [-0.4, -0.2) is 22.6 Å². The Morgan fingerprint density at radius 1 is 1.53 bits per heavy atom. The highest BCUT2D eigenvalue weighted by atomic mass is 16.5. The Morgan fingerprint density at radius 2 is 2.32 bits per heavy atom. The number of hydrogen-bond acceptors (Lipinski definition) is 6. The molecule has 2 heterocycles. The molecular formula is C12H10N2O5. The van der Waals surface area contributed by atoms with Gasteiger partial charge in [-0.05, 0) is 12.1 Å². The quantitative estimate of drug-likeness (QED) is 0.574. The molecule has 0 N–H and O–H groups in total. The molecule has 0 unspecified atom stereocenters. The van der Waals surface area contributed by atoms with Gasteiger partial charge in [0.25, 0.3) is 5.56 Å². The van der Waals surface area contributed by atoms with Crippen molar-refractivity contribution in [3.63, 3.8) is 0 Å². The van der Waals surface area contributed by atoms with Crippen molar-refractivity contribution in [1.82, 2.24) is 9.55 Å². The summed E-state index contributed by atoms with van der Waals surface area (Å²) in [4.78, 5) is 38.3. The maximum absolute atomic E-state index is 12.0. The van der Waals surface area contributed by atoms with E-state index in [-0.39, 0.29) is 17.6 Å². The second-order valence-corrected chi connectivity index (χ2v) is 3.56. The van der Waals surface area contributed by atoms with Crippen LogP contribution in [0, 0.1) is 0 Å². The van der Waals surface area contributed by atoms with Gasteiger partial charge in [0.2, 0.25) is 0 Å². The lowest BCUT2D eigenvalue weighted by atomic mass is 10.4. The van der Waals surface area contributed by atoms with Gasteiger partial charge in [-0.2, -0.15) is 0 Å². The highest BCUT2D eigenvalue weighted by molar-refractivity contribution is 5.81. The first kappa shape index (κ1) is 12.7. The Bertz CT molecular complexity index is 757. The number of nitrogens with zero attached hydrogens (tertiary/aromatic N) is 2. The minimum atomic E-state index is -0.806. The molecule has 0 spiro atoms. The number of methoxy groups -OCH3 is 1. The van der Waals surface area contributed by atoms with Crippen LogP contribution in [0.15, 0.2) is 44.5 Å². The van der Waals surface area contributed by atoms with Gasteiger partial charge >= 0.3 is 11.7 Å². The number of rotatable bonds is 3. The van der Waals surface area contributed by atoms with E-state index in [0.717, 1.165) is 10.6 Å².